The Labute approximate surface area is 155 Å². The van der Waals surface area contributed by atoms with Gasteiger partial charge in [-0.25, -0.2) is 0 Å². The number of nitrogens with one attached hydrogen (secondary N) is 1. The first-order valence-electron chi connectivity index (χ1n) is 9.32. The van der Waals surface area contributed by atoms with Gasteiger partial charge >= 0.3 is 0 Å². The molecule has 1 saturated heterocycles. The summed E-state index contributed by atoms with van der Waals surface area (Å²) < 4.78 is 0. The first-order valence-corrected chi connectivity index (χ1v) is 10.2. The van der Waals surface area contributed by atoms with Gasteiger partial charge in [0.05, 0.1) is 0 Å². The molecule has 1 amide bonds. The van der Waals surface area contributed by atoms with Gasteiger partial charge in [0.1, 0.15) is 0 Å². The number of thiophene rings is 1. The van der Waals surface area contributed by atoms with E-state index in [1.54, 1.807) is 0 Å². The van der Waals surface area contributed by atoms with Gasteiger partial charge in [0.25, 0.3) is 0 Å². The normalized spacial score (nSPS) is 20.7. The summed E-state index contributed by atoms with van der Waals surface area (Å²) in [4.78, 5) is 16.4. The van der Waals surface area contributed by atoms with Crippen molar-refractivity contribution in [3.8, 4) is 0 Å². The molecule has 1 aliphatic heterocycles. The molecular formula is C21H28N2OS. The number of benzene rings is 1. The minimum Gasteiger partial charge on any atom is -0.356 e. The molecule has 2 heterocycles. The van der Waals surface area contributed by atoms with E-state index in [0.717, 1.165) is 26.1 Å². The highest BCUT2D eigenvalue weighted by molar-refractivity contribution is 7.10. The molecule has 0 bridgehead atoms. The lowest BCUT2D eigenvalue weighted by Crippen LogP contribution is -2.34. The van der Waals surface area contributed by atoms with Gasteiger partial charge in [-0.2, -0.15) is 0 Å². The van der Waals surface area contributed by atoms with Crippen molar-refractivity contribution >= 4 is 17.2 Å². The summed E-state index contributed by atoms with van der Waals surface area (Å²) in [7, 11) is 0. The fourth-order valence-corrected chi connectivity index (χ4v) is 4.43. The zero-order valence-corrected chi connectivity index (χ0v) is 15.9. The fourth-order valence-electron chi connectivity index (χ4n) is 3.50. The standard InChI is InChI=1S/C21H28N2OS/c1-17-11-14-25-20(17)16-23-13-8-3-2-7-12-22-21(24)15-19(23)18-9-5-4-6-10-18/h4-6,9-11,14,19H,2-3,7-8,12-13,15-16H2,1H3,(H,22,24). The molecule has 1 unspecified atom stereocenters. The van der Waals surface area contributed by atoms with Crippen LogP contribution < -0.4 is 5.32 Å². The summed E-state index contributed by atoms with van der Waals surface area (Å²) >= 11 is 1.82. The maximum atomic E-state index is 12.5. The van der Waals surface area contributed by atoms with E-state index in [2.05, 4.69) is 52.9 Å². The highest BCUT2D eigenvalue weighted by atomic mass is 32.1. The third-order valence-electron chi connectivity index (χ3n) is 5.01. The van der Waals surface area contributed by atoms with Crippen molar-refractivity contribution in [3.63, 3.8) is 0 Å². The van der Waals surface area contributed by atoms with Gasteiger partial charge in [-0.05, 0) is 48.9 Å². The van der Waals surface area contributed by atoms with E-state index in [-0.39, 0.29) is 11.9 Å². The topological polar surface area (TPSA) is 32.3 Å². The molecule has 0 spiro atoms. The van der Waals surface area contributed by atoms with Crippen LogP contribution in [0.4, 0.5) is 0 Å². The number of rotatable bonds is 3. The van der Waals surface area contributed by atoms with Crippen molar-refractivity contribution in [3.05, 3.63) is 57.8 Å². The second kappa shape index (κ2) is 9.16. The maximum absolute atomic E-state index is 12.5. The summed E-state index contributed by atoms with van der Waals surface area (Å²) in [6.07, 6.45) is 5.25. The van der Waals surface area contributed by atoms with Crippen molar-refractivity contribution < 1.29 is 4.79 Å². The van der Waals surface area contributed by atoms with E-state index in [0.29, 0.717) is 6.42 Å². The molecule has 1 fully saturated rings. The third kappa shape index (κ3) is 5.16. The Morgan fingerprint density at radius 2 is 1.92 bits per heavy atom. The second-order valence-corrected chi connectivity index (χ2v) is 7.89. The summed E-state index contributed by atoms with van der Waals surface area (Å²) in [6, 6.07) is 12.8. The molecule has 0 aliphatic carbocycles. The average molecular weight is 357 g/mol. The lowest BCUT2D eigenvalue weighted by Gasteiger charge is -2.31. The minimum atomic E-state index is 0.140. The number of carbonyl (C=O) groups is 1. The molecule has 3 rings (SSSR count). The Kier molecular flexibility index (Phi) is 6.65. The van der Waals surface area contributed by atoms with Gasteiger partial charge in [0.15, 0.2) is 0 Å². The van der Waals surface area contributed by atoms with E-state index >= 15 is 0 Å². The van der Waals surface area contributed by atoms with E-state index in [4.69, 9.17) is 0 Å². The van der Waals surface area contributed by atoms with Crippen LogP contribution in [0.15, 0.2) is 41.8 Å². The van der Waals surface area contributed by atoms with Crippen LogP contribution in [0, 0.1) is 6.92 Å². The number of hydrogen-bond donors (Lipinski definition) is 1. The van der Waals surface area contributed by atoms with E-state index in [1.165, 1.54) is 35.3 Å². The van der Waals surface area contributed by atoms with E-state index in [1.807, 2.05) is 17.4 Å². The monoisotopic (exact) mass is 356 g/mol. The number of carbonyl (C=O) groups excluding carboxylic acids is 1. The molecule has 1 aromatic heterocycles. The Morgan fingerprint density at radius 1 is 1.12 bits per heavy atom. The first-order chi connectivity index (χ1) is 12.2. The van der Waals surface area contributed by atoms with Crippen LogP contribution in [0.2, 0.25) is 0 Å². The molecule has 1 atom stereocenters. The second-order valence-electron chi connectivity index (χ2n) is 6.89. The SMILES string of the molecule is Cc1ccsc1CN1CCCCCCNC(=O)CC1c1ccccc1. The summed E-state index contributed by atoms with van der Waals surface area (Å²) in [5, 5.41) is 5.28. The Bertz CT molecular complexity index is 668. The largest absolute Gasteiger partial charge is 0.356 e. The number of nitrogens with zero attached hydrogens (tertiary/aromatic N) is 1. The van der Waals surface area contributed by atoms with Crippen LogP contribution in [-0.4, -0.2) is 23.9 Å². The summed E-state index contributed by atoms with van der Waals surface area (Å²) in [5.74, 6) is 0.170. The van der Waals surface area contributed by atoms with Gasteiger partial charge in [0, 0.05) is 30.4 Å². The van der Waals surface area contributed by atoms with Crippen molar-refractivity contribution in [1.82, 2.24) is 10.2 Å². The molecule has 1 aromatic carbocycles. The van der Waals surface area contributed by atoms with E-state index < -0.39 is 0 Å². The molecule has 1 N–H and O–H groups in total. The highest BCUT2D eigenvalue weighted by Crippen LogP contribution is 2.29. The first kappa shape index (κ1) is 18.2. The van der Waals surface area contributed by atoms with Crippen LogP contribution in [-0.2, 0) is 11.3 Å². The fraction of sp³-hybridized carbons (Fsp3) is 0.476. The Morgan fingerprint density at radius 3 is 2.68 bits per heavy atom. The van der Waals surface area contributed by atoms with E-state index in [9.17, 15) is 4.79 Å². The summed E-state index contributed by atoms with van der Waals surface area (Å²) in [5.41, 5.74) is 2.60. The number of aryl methyl sites for hydroxylation is 1. The van der Waals surface area contributed by atoms with Crippen LogP contribution in [0.5, 0.6) is 0 Å². The molecular weight excluding hydrogens is 328 g/mol. The minimum absolute atomic E-state index is 0.140. The molecule has 1 aliphatic rings. The van der Waals surface area contributed by atoms with Crippen LogP contribution in [0.3, 0.4) is 0 Å². The smallest absolute Gasteiger partial charge is 0.221 e. The van der Waals surface area contributed by atoms with Crippen LogP contribution in [0.1, 0.15) is 54.1 Å². The number of hydrogen-bond acceptors (Lipinski definition) is 3. The Balaban J connectivity index is 1.87. The third-order valence-corrected chi connectivity index (χ3v) is 6.02. The molecule has 0 saturated carbocycles. The van der Waals surface area contributed by atoms with Gasteiger partial charge in [0.2, 0.25) is 5.91 Å². The highest BCUT2D eigenvalue weighted by Gasteiger charge is 2.24. The van der Waals surface area contributed by atoms with Crippen LogP contribution >= 0.6 is 11.3 Å². The van der Waals surface area contributed by atoms with Crippen molar-refractivity contribution in [2.75, 3.05) is 13.1 Å². The Hall–Kier alpha value is -1.65. The molecule has 134 valence electrons. The van der Waals surface area contributed by atoms with Crippen molar-refractivity contribution in [2.24, 2.45) is 0 Å². The van der Waals surface area contributed by atoms with Gasteiger partial charge < -0.3 is 5.32 Å². The molecule has 3 nitrogen and oxygen atoms in total. The zero-order valence-electron chi connectivity index (χ0n) is 15.0. The predicted octanol–water partition coefficient (Wildman–Crippen LogP) is 4.68. The van der Waals surface area contributed by atoms with Gasteiger partial charge in [-0.1, -0.05) is 43.2 Å². The van der Waals surface area contributed by atoms with Crippen LogP contribution in [0.25, 0.3) is 0 Å². The van der Waals surface area contributed by atoms with Crippen molar-refractivity contribution in [1.29, 1.82) is 0 Å². The van der Waals surface area contributed by atoms with Gasteiger partial charge in [-0.3, -0.25) is 9.69 Å². The van der Waals surface area contributed by atoms with Crippen molar-refractivity contribution in [2.45, 2.75) is 51.6 Å². The lowest BCUT2D eigenvalue weighted by molar-refractivity contribution is -0.122. The number of amides is 1. The molecule has 25 heavy (non-hydrogen) atoms. The molecule has 2 aromatic rings. The maximum Gasteiger partial charge on any atom is 0.221 e. The average Bonchev–Trinajstić information content (AvgIpc) is 3.01. The predicted molar refractivity (Wildman–Crippen MR) is 105 cm³/mol. The molecule has 4 heteroatoms. The van der Waals surface area contributed by atoms with Gasteiger partial charge in [-0.15, -0.1) is 11.3 Å². The lowest BCUT2D eigenvalue weighted by atomic mass is 10.0. The zero-order chi connectivity index (χ0) is 17.5. The summed E-state index contributed by atoms with van der Waals surface area (Å²) in [6.45, 7) is 4.97. The quantitative estimate of drug-likeness (QED) is 0.866. The molecule has 0 radical (unpaired) electrons.